The fourth-order valence-corrected chi connectivity index (χ4v) is 4.41. The fraction of sp³-hybridized carbons (Fsp3) is 0.467. The molecule has 21 heavy (non-hydrogen) atoms. The van der Waals surface area contributed by atoms with E-state index in [1.807, 2.05) is 0 Å². The number of nitrogens with one attached hydrogen (secondary N) is 1. The average Bonchev–Trinajstić information content (AvgIpc) is 2.81. The van der Waals surface area contributed by atoms with E-state index in [1.165, 1.54) is 0 Å². The molecular formula is C15H21N3O2S. The fourth-order valence-electron chi connectivity index (χ4n) is 2.80. The van der Waals surface area contributed by atoms with Crippen LogP contribution < -0.4 is 5.73 Å². The number of nitrogens with two attached hydrogens (primary N) is 1. The Hall–Kier alpha value is -1.53. The first kappa shape index (κ1) is 14.4. The van der Waals surface area contributed by atoms with E-state index in [0.717, 1.165) is 18.4 Å². The van der Waals surface area contributed by atoms with Crippen molar-refractivity contribution in [2.75, 3.05) is 18.8 Å². The molecule has 0 saturated carbocycles. The molecule has 114 valence electrons. The van der Waals surface area contributed by atoms with Crippen LogP contribution in [0.5, 0.6) is 0 Å². The van der Waals surface area contributed by atoms with Gasteiger partial charge in [-0.3, -0.25) is 0 Å². The van der Waals surface area contributed by atoms with Crippen LogP contribution in [0.3, 0.4) is 0 Å². The summed E-state index contributed by atoms with van der Waals surface area (Å²) < 4.78 is 27.3. The monoisotopic (exact) mass is 307 g/mol. The zero-order valence-corrected chi connectivity index (χ0v) is 13.2. The third-order valence-corrected chi connectivity index (χ3v) is 6.30. The highest BCUT2D eigenvalue weighted by Crippen LogP contribution is 2.34. The number of hydrogen-bond donors (Lipinski definition) is 2. The molecule has 1 saturated heterocycles. The Morgan fingerprint density at radius 1 is 1.24 bits per heavy atom. The lowest BCUT2D eigenvalue weighted by Crippen LogP contribution is -2.41. The minimum absolute atomic E-state index is 0.223. The van der Waals surface area contributed by atoms with Gasteiger partial charge >= 0.3 is 0 Å². The molecule has 0 amide bonds. The van der Waals surface area contributed by atoms with Crippen molar-refractivity contribution in [3.8, 4) is 0 Å². The number of aromatic amines is 1. The summed E-state index contributed by atoms with van der Waals surface area (Å²) in [6, 6.07) is 5.25. The molecule has 0 unspecified atom stereocenters. The summed E-state index contributed by atoms with van der Waals surface area (Å²) >= 11 is 0. The second-order valence-electron chi connectivity index (χ2n) is 6.53. The molecule has 1 aromatic heterocycles. The van der Waals surface area contributed by atoms with Gasteiger partial charge in [-0.05, 0) is 36.5 Å². The summed E-state index contributed by atoms with van der Waals surface area (Å²) in [4.78, 5) is 3.35. The van der Waals surface area contributed by atoms with Crippen LogP contribution in [0.15, 0.2) is 29.3 Å². The molecule has 6 heteroatoms. The van der Waals surface area contributed by atoms with Crippen molar-refractivity contribution in [3.63, 3.8) is 0 Å². The molecule has 0 radical (unpaired) electrons. The van der Waals surface area contributed by atoms with Crippen LogP contribution in [0.4, 0.5) is 5.69 Å². The lowest BCUT2D eigenvalue weighted by Gasteiger charge is -2.35. The first-order valence-corrected chi connectivity index (χ1v) is 8.60. The van der Waals surface area contributed by atoms with E-state index < -0.39 is 10.0 Å². The number of sulfonamides is 1. The van der Waals surface area contributed by atoms with Gasteiger partial charge in [0.25, 0.3) is 0 Å². The number of nitrogens with zero attached hydrogens (tertiary/aromatic N) is 1. The molecule has 5 nitrogen and oxygen atoms in total. The minimum atomic E-state index is -3.45. The van der Waals surface area contributed by atoms with Gasteiger partial charge in [0.05, 0.1) is 0 Å². The second-order valence-corrected chi connectivity index (χ2v) is 8.43. The molecule has 1 aromatic carbocycles. The topological polar surface area (TPSA) is 79.2 Å². The summed E-state index contributed by atoms with van der Waals surface area (Å²) in [5.74, 6) is 0. The Labute approximate surface area is 125 Å². The first-order valence-electron chi connectivity index (χ1n) is 7.16. The maximum atomic E-state index is 12.8. The van der Waals surface area contributed by atoms with Crippen LogP contribution in [-0.2, 0) is 10.0 Å². The standard InChI is InChI=1S/C15H21N3O2S/c1-15(2)5-7-18(8-6-15)21(19,20)14-10-17-13-9-11(16)3-4-12(13)14/h3-4,9-10,17H,5-8,16H2,1-2H3. The van der Waals surface area contributed by atoms with Gasteiger partial charge in [-0.25, -0.2) is 8.42 Å². The molecule has 0 bridgehead atoms. The van der Waals surface area contributed by atoms with E-state index in [4.69, 9.17) is 5.73 Å². The molecular weight excluding hydrogens is 286 g/mol. The van der Waals surface area contributed by atoms with E-state index >= 15 is 0 Å². The van der Waals surface area contributed by atoms with Crippen LogP contribution in [0.1, 0.15) is 26.7 Å². The van der Waals surface area contributed by atoms with E-state index in [1.54, 1.807) is 28.7 Å². The maximum Gasteiger partial charge on any atom is 0.245 e. The molecule has 0 atom stereocenters. The Morgan fingerprint density at radius 3 is 2.57 bits per heavy atom. The van der Waals surface area contributed by atoms with E-state index in [9.17, 15) is 8.42 Å². The van der Waals surface area contributed by atoms with Crippen molar-refractivity contribution in [2.45, 2.75) is 31.6 Å². The molecule has 0 spiro atoms. The highest BCUT2D eigenvalue weighted by atomic mass is 32.2. The highest BCUT2D eigenvalue weighted by molar-refractivity contribution is 7.89. The summed E-state index contributed by atoms with van der Waals surface area (Å²) in [7, 11) is -3.45. The zero-order chi connectivity index (χ0) is 15.3. The summed E-state index contributed by atoms with van der Waals surface area (Å²) in [5.41, 5.74) is 7.33. The van der Waals surface area contributed by atoms with Gasteiger partial charge in [-0.2, -0.15) is 4.31 Å². The van der Waals surface area contributed by atoms with E-state index in [0.29, 0.717) is 29.1 Å². The minimum Gasteiger partial charge on any atom is -0.399 e. The molecule has 1 aliphatic heterocycles. The summed E-state index contributed by atoms with van der Waals surface area (Å²) in [6.07, 6.45) is 3.35. The van der Waals surface area contributed by atoms with Crippen molar-refractivity contribution in [1.29, 1.82) is 0 Å². The zero-order valence-electron chi connectivity index (χ0n) is 12.4. The largest absolute Gasteiger partial charge is 0.399 e. The lowest BCUT2D eigenvalue weighted by molar-refractivity contribution is 0.196. The Balaban J connectivity index is 1.97. The Morgan fingerprint density at radius 2 is 1.90 bits per heavy atom. The number of anilines is 1. The van der Waals surface area contributed by atoms with Gasteiger partial charge in [0.15, 0.2) is 0 Å². The predicted octanol–water partition coefficient (Wildman–Crippen LogP) is 2.56. The molecule has 0 aliphatic carbocycles. The summed E-state index contributed by atoms with van der Waals surface area (Å²) in [5, 5.41) is 0.703. The van der Waals surface area contributed by atoms with Gasteiger partial charge < -0.3 is 10.7 Å². The van der Waals surface area contributed by atoms with Crippen LogP contribution in [0.25, 0.3) is 10.9 Å². The first-order chi connectivity index (χ1) is 9.79. The average molecular weight is 307 g/mol. The van der Waals surface area contributed by atoms with Crippen molar-refractivity contribution in [1.82, 2.24) is 9.29 Å². The number of hydrogen-bond acceptors (Lipinski definition) is 3. The molecule has 1 fully saturated rings. The predicted molar refractivity (Wildman–Crippen MR) is 84.5 cm³/mol. The highest BCUT2D eigenvalue weighted by Gasteiger charge is 2.33. The van der Waals surface area contributed by atoms with Gasteiger partial charge in [0.1, 0.15) is 4.90 Å². The number of rotatable bonds is 2. The van der Waals surface area contributed by atoms with Crippen molar-refractivity contribution in [2.24, 2.45) is 5.41 Å². The van der Waals surface area contributed by atoms with Crippen molar-refractivity contribution < 1.29 is 8.42 Å². The molecule has 3 rings (SSSR count). The smallest absolute Gasteiger partial charge is 0.245 e. The van der Waals surface area contributed by atoms with Crippen LogP contribution in [-0.4, -0.2) is 30.8 Å². The second kappa shape index (κ2) is 4.74. The van der Waals surface area contributed by atoms with E-state index in [-0.39, 0.29) is 5.41 Å². The molecule has 1 aliphatic rings. The quantitative estimate of drug-likeness (QED) is 0.837. The summed E-state index contributed by atoms with van der Waals surface area (Å²) in [6.45, 7) is 5.53. The third-order valence-electron chi connectivity index (χ3n) is 4.36. The number of piperidine rings is 1. The van der Waals surface area contributed by atoms with Crippen LogP contribution in [0.2, 0.25) is 0 Å². The number of H-pyrrole nitrogens is 1. The Bertz CT molecular complexity index is 767. The van der Waals surface area contributed by atoms with Gasteiger partial charge in [-0.1, -0.05) is 13.8 Å². The van der Waals surface area contributed by atoms with Gasteiger partial charge in [0.2, 0.25) is 10.0 Å². The lowest BCUT2D eigenvalue weighted by atomic mass is 9.83. The SMILES string of the molecule is CC1(C)CCN(S(=O)(=O)c2c[nH]c3cc(N)ccc23)CC1. The van der Waals surface area contributed by atoms with Crippen LogP contribution >= 0.6 is 0 Å². The molecule has 2 heterocycles. The van der Waals surface area contributed by atoms with Gasteiger partial charge in [0, 0.05) is 35.9 Å². The number of benzene rings is 1. The van der Waals surface area contributed by atoms with E-state index in [2.05, 4.69) is 18.8 Å². The third kappa shape index (κ3) is 2.53. The molecule has 2 aromatic rings. The molecule has 3 N–H and O–H groups in total. The van der Waals surface area contributed by atoms with Gasteiger partial charge in [-0.15, -0.1) is 0 Å². The normalized spacial score (nSPS) is 19.9. The Kier molecular flexibility index (Phi) is 3.26. The van der Waals surface area contributed by atoms with Crippen molar-refractivity contribution >= 4 is 26.6 Å². The maximum absolute atomic E-state index is 12.8. The number of fused-ring (bicyclic) bond motifs is 1. The van der Waals surface area contributed by atoms with Crippen LogP contribution in [0, 0.1) is 5.41 Å². The van der Waals surface area contributed by atoms with Crippen molar-refractivity contribution in [3.05, 3.63) is 24.4 Å². The number of nitrogen functional groups attached to an aromatic ring is 1. The number of aromatic nitrogens is 1.